The summed E-state index contributed by atoms with van der Waals surface area (Å²) in [6.45, 7) is 0. The zero-order valence-electron chi connectivity index (χ0n) is 11.0. The van der Waals surface area contributed by atoms with Crippen LogP contribution in [0.15, 0.2) is 56.6 Å². The van der Waals surface area contributed by atoms with E-state index in [1.54, 1.807) is 18.3 Å². The standard InChI is InChI=1S/C15H7F3N4/c16-15(17,18)10-4-2-1-3-9(10)14-20-12-5-8-7-19-22-11(8)6-13(12)21-14/h1-7H. The van der Waals surface area contributed by atoms with E-state index in [9.17, 15) is 13.2 Å². The lowest BCUT2D eigenvalue weighted by Crippen LogP contribution is -2.13. The van der Waals surface area contributed by atoms with Crippen LogP contribution in [0.2, 0.25) is 0 Å². The number of halogens is 3. The average molecular weight is 300 g/mol. The number of hydrogen-bond acceptors (Lipinski definition) is 4. The molecule has 0 fully saturated rings. The summed E-state index contributed by atoms with van der Waals surface area (Å²) in [5, 5.41) is 8.85. The van der Waals surface area contributed by atoms with Crippen molar-refractivity contribution in [3.05, 3.63) is 63.8 Å². The van der Waals surface area contributed by atoms with Crippen LogP contribution in [0.4, 0.5) is 18.9 Å². The number of benzene rings is 2. The first-order chi connectivity index (χ1) is 10.5. The van der Waals surface area contributed by atoms with E-state index in [-0.39, 0.29) is 11.4 Å². The molecule has 2 aromatic rings. The zero-order chi connectivity index (χ0) is 15.3. The van der Waals surface area contributed by atoms with Gasteiger partial charge in [-0.3, -0.25) is 0 Å². The van der Waals surface area contributed by atoms with Crippen molar-refractivity contribution in [3.63, 3.8) is 0 Å². The van der Waals surface area contributed by atoms with Gasteiger partial charge in [-0.25, -0.2) is 9.98 Å². The smallest absolute Gasteiger partial charge is 0.226 e. The van der Waals surface area contributed by atoms with Crippen molar-refractivity contribution in [2.45, 2.75) is 6.18 Å². The quantitative estimate of drug-likeness (QED) is 0.776. The van der Waals surface area contributed by atoms with Gasteiger partial charge in [0.1, 0.15) is 0 Å². The second-order valence-corrected chi connectivity index (χ2v) is 4.83. The summed E-state index contributed by atoms with van der Waals surface area (Å²) in [5.41, 5.74) is 0.504. The van der Waals surface area contributed by atoms with Crippen molar-refractivity contribution in [1.29, 1.82) is 0 Å². The molecule has 0 N–H and O–H groups in total. The van der Waals surface area contributed by atoms with E-state index in [0.29, 0.717) is 16.4 Å². The Kier molecular flexibility index (Phi) is 2.53. The minimum Gasteiger partial charge on any atom is -0.226 e. The molecular weight excluding hydrogens is 293 g/mol. The number of fused-ring (bicyclic) bond motifs is 2. The highest BCUT2D eigenvalue weighted by Gasteiger charge is 2.34. The Balaban J connectivity index is 1.88. The molecule has 0 spiro atoms. The second kappa shape index (κ2) is 4.33. The van der Waals surface area contributed by atoms with E-state index in [4.69, 9.17) is 0 Å². The van der Waals surface area contributed by atoms with Gasteiger partial charge in [-0.05, 0) is 18.2 Å². The average Bonchev–Trinajstić information content (AvgIpc) is 3.08. The number of hydrogen-bond donors (Lipinski definition) is 0. The third-order valence-electron chi connectivity index (χ3n) is 3.41. The van der Waals surface area contributed by atoms with Gasteiger partial charge in [0.05, 0.1) is 28.2 Å². The molecule has 22 heavy (non-hydrogen) atoms. The van der Waals surface area contributed by atoms with Gasteiger partial charge in [-0.15, -0.1) is 0 Å². The molecule has 4 nitrogen and oxygen atoms in total. The Bertz CT molecular complexity index is 971. The second-order valence-electron chi connectivity index (χ2n) is 4.83. The summed E-state index contributed by atoms with van der Waals surface area (Å²) >= 11 is 0. The van der Waals surface area contributed by atoms with E-state index in [1.807, 2.05) is 0 Å². The summed E-state index contributed by atoms with van der Waals surface area (Å²) in [7, 11) is 0. The van der Waals surface area contributed by atoms with Crippen molar-refractivity contribution >= 4 is 17.7 Å². The summed E-state index contributed by atoms with van der Waals surface area (Å²) < 4.78 is 39.3. The molecule has 2 aromatic carbocycles. The number of amidine groups is 1. The first-order valence-corrected chi connectivity index (χ1v) is 6.41. The summed E-state index contributed by atoms with van der Waals surface area (Å²) in [6.07, 6.45) is -2.88. The van der Waals surface area contributed by atoms with Crippen LogP contribution in [0.1, 0.15) is 16.7 Å². The summed E-state index contributed by atoms with van der Waals surface area (Å²) in [5.74, 6) is 0.0588. The summed E-state index contributed by atoms with van der Waals surface area (Å²) in [6, 6.07) is 8.67. The Morgan fingerprint density at radius 1 is 0.909 bits per heavy atom. The fourth-order valence-corrected chi connectivity index (χ4v) is 2.40. The predicted octanol–water partition coefficient (Wildman–Crippen LogP) is 2.38. The zero-order valence-corrected chi connectivity index (χ0v) is 11.0. The molecule has 7 heteroatoms. The first kappa shape index (κ1) is 12.9. The van der Waals surface area contributed by atoms with Gasteiger partial charge >= 0.3 is 6.18 Å². The Morgan fingerprint density at radius 2 is 1.73 bits per heavy atom. The van der Waals surface area contributed by atoms with Gasteiger partial charge in [0.2, 0.25) is 0 Å². The topological polar surface area (TPSA) is 49.4 Å². The van der Waals surface area contributed by atoms with Crippen LogP contribution in [0.3, 0.4) is 0 Å². The van der Waals surface area contributed by atoms with Gasteiger partial charge in [0, 0.05) is 11.1 Å². The van der Waals surface area contributed by atoms with Gasteiger partial charge in [0.25, 0.3) is 0 Å². The van der Waals surface area contributed by atoms with Crippen LogP contribution in [-0.4, -0.2) is 12.1 Å². The van der Waals surface area contributed by atoms with E-state index >= 15 is 0 Å². The van der Waals surface area contributed by atoms with Gasteiger partial charge < -0.3 is 0 Å². The van der Waals surface area contributed by atoms with Crippen molar-refractivity contribution < 1.29 is 13.2 Å². The highest BCUT2D eigenvalue weighted by molar-refractivity contribution is 6.04. The van der Waals surface area contributed by atoms with Crippen LogP contribution >= 0.6 is 0 Å². The maximum absolute atomic E-state index is 13.1. The molecule has 0 radical (unpaired) electrons. The van der Waals surface area contributed by atoms with Crippen molar-refractivity contribution in [2.75, 3.05) is 0 Å². The van der Waals surface area contributed by atoms with Crippen LogP contribution < -0.4 is 10.7 Å². The molecule has 4 rings (SSSR count). The fraction of sp³-hybridized carbons (Fsp3) is 0.0667. The number of rotatable bonds is 1. The molecule has 0 amide bonds. The molecule has 0 atom stereocenters. The molecule has 2 aliphatic rings. The molecule has 0 bridgehead atoms. The van der Waals surface area contributed by atoms with Crippen LogP contribution in [-0.2, 0) is 6.18 Å². The predicted molar refractivity (Wildman–Crippen MR) is 74.0 cm³/mol. The maximum atomic E-state index is 13.1. The minimum atomic E-state index is -4.45. The van der Waals surface area contributed by atoms with Gasteiger partial charge in [0.15, 0.2) is 5.84 Å². The van der Waals surface area contributed by atoms with Crippen molar-refractivity contribution in [3.8, 4) is 0 Å². The molecule has 108 valence electrons. The Labute approximate surface area is 122 Å². The number of nitrogens with zero attached hydrogens (tertiary/aromatic N) is 4. The lowest BCUT2D eigenvalue weighted by atomic mass is 10.1. The number of aliphatic imine (C=N–C) groups is 1. The molecule has 0 unspecified atom stereocenters. The summed E-state index contributed by atoms with van der Waals surface area (Å²) in [4.78, 5) is 8.43. The first-order valence-electron chi connectivity index (χ1n) is 6.41. The Morgan fingerprint density at radius 3 is 2.55 bits per heavy atom. The van der Waals surface area contributed by atoms with Gasteiger partial charge in [-0.1, -0.05) is 18.2 Å². The number of alkyl halides is 3. The maximum Gasteiger partial charge on any atom is 0.417 e. The molecule has 0 saturated heterocycles. The SMILES string of the molecule is FC(F)(F)c1ccccc1C1=Nc2cc3c(cc2=N1)C=NN=3. The molecule has 2 heterocycles. The molecule has 0 aromatic heterocycles. The van der Waals surface area contributed by atoms with E-state index < -0.39 is 11.7 Å². The highest BCUT2D eigenvalue weighted by atomic mass is 19.4. The largest absolute Gasteiger partial charge is 0.417 e. The molecule has 0 saturated carbocycles. The van der Waals surface area contributed by atoms with E-state index in [0.717, 1.165) is 11.6 Å². The molecule has 0 aliphatic carbocycles. The monoisotopic (exact) mass is 300 g/mol. The lowest BCUT2D eigenvalue weighted by molar-refractivity contribution is -0.137. The van der Waals surface area contributed by atoms with Crippen molar-refractivity contribution in [2.24, 2.45) is 20.2 Å². The lowest BCUT2D eigenvalue weighted by Gasteiger charge is -2.10. The highest BCUT2D eigenvalue weighted by Crippen LogP contribution is 2.33. The third-order valence-corrected chi connectivity index (χ3v) is 3.41. The Hall–Kier alpha value is -2.83. The van der Waals surface area contributed by atoms with E-state index in [2.05, 4.69) is 20.2 Å². The minimum absolute atomic E-state index is 0.0306. The molecule has 2 aliphatic heterocycles. The molecular formula is C15H7F3N4. The van der Waals surface area contributed by atoms with Gasteiger partial charge in [-0.2, -0.15) is 23.4 Å². The van der Waals surface area contributed by atoms with Crippen LogP contribution in [0, 0.1) is 0 Å². The normalized spacial score (nSPS) is 15.0. The van der Waals surface area contributed by atoms with Crippen LogP contribution in [0.5, 0.6) is 0 Å². The van der Waals surface area contributed by atoms with Crippen LogP contribution in [0.25, 0.3) is 0 Å². The third kappa shape index (κ3) is 1.93. The van der Waals surface area contributed by atoms with E-state index in [1.165, 1.54) is 18.2 Å². The fourth-order valence-electron chi connectivity index (χ4n) is 2.40. The van der Waals surface area contributed by atoms with Crippen molar-refractivity contribution in [1.82, 2.24) is 0 Å².